The van der Waals surface area contributed by atoms with Crippen molar-refractivity contribution in [1.82, 2.24) is 4.90 Å². The van der Waals surface area contributed by atoms with Crippen LogP contribution in [0.25, 0.3) is 0 Å². The van der Waals surface area contributed by atoms with Crippen LogP contribution in [0.2, 0.25) is 0 Å². The Labute approximate surface area is 121 Å². The summed E-state index contributed by atoms with van der Waals surface area (Å²) in [7, 11) is 0. The molecule has 1 amide bonds. The number of cyclic esters (lactones) is 1. The Morgan fingerprint density at radius 2 is 2.14 bits per heavy atom. The number of aliphatic hydroxyl groups is 1. The SMILES string of the molecule is O=C(OCc1ccccc1)N1CCC[C@@]12C=C(O)OC2=O. The number of aliphatic hydroxyl groups excluding tert-OH is 1. The van der Waals surface area contributed by atoms with E-state index in [0.29, 0.717) is 19.4 Å². The summed E-state index contributed by atoms with van der Waals surface area (Å²) in [6, 6.07) is 9.29. The zero-order valence-corrected chi connectivity index (χ0v) is 11.3. The predicted molar refractivity (Wildman–Crippen MR) is 72.1 cm³/mol. The molecule has 0 saturated carbocycles. The van der Waals surface area contributed by atoms with Crippen LogP contribution in [-0.4, -0.2) is 34.2 Å². The van der Waals surface area contributed by atoms with E-state index in [4.69, 9.17) is 4.74 Å². The molecule has 0 radical (unpaired) electrons. The second-order valence-corrected chi connectivity index (χ2v) is 5.09. The quantitative estimate of drug-likeness (QED) is 0.844. The number of benzene rings is 1. The lowest BCUT2D eigenvalue weighted by molar-refractivity contribution is -0.147. The Kier molecular flexibility index (Phi) is 3.29. The molecule has 6 nitrogen and oxygen atoms in total. The fourth-order valence-corrected chi connectivity index (χ4v) is 2.73. The van der Waals surface area contributed by atoms with Crippen LogP contribution < -0.4 is 0 Å². The zero-order valence-electron chi connectivity index (χ0n) is 11.3. The first-order valence-corrected chi connectivity index (χ1v) is 6.74. The van der Waals surface area contributed by atoms with E-state index in [2.05, 4.69) is 4.74 Å². The predicted octanol–water partition coefficient (Wildman–Crippen LogP) is 2.11. The van der Waals surface area contributed by atoms with Gasteiger partial charge in [0.25, 0.3) is 5.95 Å². The highest BCUT2D eigenvalue weighted by Gasteiger charge is 2.54. The molecule has 21 heavy (non-hydrogen) atoms. The molecule has 1 atom stereocenters. The van der Waals surface area contributed by atoms with Crippen molar-refractivity contribution < 1.29 is 24.2 Å². The summed E-state index contributed by atoms with van der Waals surface area (Å²) < 4.78 is 9.92. The number of rotatable bonds is 2. The third kappa shape index (κ3) is 2.33. The number of nitrogens with zero attached hydrogens (tertiary/aromatic N) is 1. The van der Waals surface area contributed by atoms with Crippen molar-refractivity contribution >= 4 is 12.1 Å². The maximum Gasteiger partial charge on any atom is 0.411 e. The number of carbonyl (C=O) groups is 2. The standard InChI is InChI=1S/C15H15NO5/c17-12-9-15(13(18)21-12)7-4-8-16(15)14(19)20-10-11-5-2-1-3-6-11/h1-3,5-6,9,17H,4,7-8,10H2/t15-/m0/s1. The van der Waals surface area contributed by atoms with E-state index in [1.165, 1.54) is 11.0 Å². The van der Waals surface area contributed by atoms with E-state index in [9.17, 15) is 14.7 Å². The molecule has 0 unspecified atom stereocenters. The van der Waals surface area contributed by atoms with E-state index >= 15 is 0 Å². The average molecular weight is 289 g/mol. The molecule has 1 spiro atoms. The first-order chi connectivity index (χ1) is 10.1. The number of carbonyl (C=O) groups excluding carboxylic acids is 2. The van der Waals surface area contributed by atoms with E-state index in [1.807, 2.05) is 30.3 Å². The lowest BCUT2D eigenvalue weighted by Gasteiger charge is -2.28. The van der Waals surface area contributed by atoms with Crippen LogP contribution in [0.3, 0.4) is 0 Å². The molecular weight excluding hydrogens is 274 g/mol. The molecule has 1 saturated heterocycles. The molecule has 1 fully saturated rings. The molecule has 1 aromatic carbocycles. The minimum atomic E-state index is -1.21. The molecular formula is C15H15NO5. The fourth-order valence-electron chi connectivity index (χ4n) is 2.73. The van der Waals surface area contributed by atoms with Crippen LogP contribution in [0, 0.1) is 0 Å². The Balaban J connectivity index is 1.71. The summed E-state index contributed by atoms with van der Waals surface area (Å²) in [4.78, 5) is 25.5. The average Bonchev–Trinajstić information content (AvgIpc) is 3.02. The van der Waals surface area contributed by atoms with E-state index in [1.54, 1.807) is 0 Å². The second kappa shape index (κ2) is 5.12. The van der Waals surface area contributed by atoms with E-state index < -0.39 is 23.5 Å². The first kappa shape index (κ1) is 13.5. The Bertz CT molecular complexity index is 597. The van der Waals surface area contributed by atoms with Crippen molar-refractivity contribution in [2.75, 3.05) is 6.54 Å². The van der Waals surface area contributed by atoms with Gasteiger partial charge in [0.1, 0.15) is 6.61 Å². The normalized spacial score (nSPS) is 24.1. The lowest BCUT2D eigenvalue weighted by Crippen LogP contribution is -2.50. The summed E-state index contributed by atoms with van der Waals surface area (Å²) in [6.07, 6.45) is 1.78. The van der Waals surface area contributed by atoms with Gasteiger partial charge in [-0.2, -0.15) is 0 Å². The minimum Gasteiger partial charge on any atom is -0.481 e. The molecule has 0 aromatic heterocycles. The summed E-state index contributed by atoms with van der Waals surface area (Å²) in [5.41, 5.74) is -0.343. The van der Waals surface area contributed by atoms with Gasteiger partial charge in [0.15, 0.2) is 5.54 Å². The van der Waals surface area contributed by atoms with Crippen LogP contribution >= 0.6 is 0 Å². The van der Waals surface area contributed by atoms with Gasteiger partial charge in [0.2, 0.25) is 0 Å². The number of ether oxygens (including phenoxy) is 2. The highest BCUT2D eigenvalue weighted by Crippen LogP contribution is 2.37. The van der Waals surface area contributed by atoms with Crippen molar-refractivity contribution in [2.24, 2.45) is 0 Å². The summed E-state index contributed by atoms with van der Waals surface area (Å²) in [5, 5.41) is 9.37. The summed E-state index contributed by atoms with van der Waals surface area (Å²) >= 11 is 0. The second-order valence-electron chi connectivity index (χ2n) is 5.09. The van der Waals surface area contributed by atoms with Gasteiger partial charge in [-0.25, -0.2) is 9.59 Å². The number of esters is 1. The number of amides is 1. The topological polar surface area (TPSA) is 76.1 Å². The fraction of sp³-hybridized carbons (Fsp3) is 0.333. The highest BCUT2D eigenvalue weighted by atomic mass is 16.6. The van der Waals surface area contributed by atoms with Crippen molar-refractivity contribution in [1.29, 1.82) is 0 Å². The third-order valence-corrected chi connectivity index (χ3v) is 3.76. The number of likely N-dealkylation sites (tertiary alicyclic amines) is 1. The van der Waals surface area contributed by atoms with Crippen LogP contribution in [0.15, 0.2) is 42.4 Å². The Hall–Kier alpha value is -2.50. The van der Waals surface area contributed by atoms with Gasteiger partial charge in [-0.05, 0) is 18.4 Å². The Morgan fingerprint density at radius 3 is 2.81 bits per heavy atom. The summed E-state index contributed by atoms with van der Waals surface area (Å²) in [5.74, 6) is -1.09. The molecule has 6 heteroatoms. The molecule has 0 aliphatic carbocycles. The number of hydrogen-bond donors (Lipinski definition) is 1. The van der Waals surface area contributed by atoms with Gasteiger partial charge in [0.05, 0.1) is 0 Å². The maximum atomic E-state index is 12.2. The molecule has 1 N–H and O–H groups in total. The van der Waals surface area contributed by atoms with Crippen molar-refractivity contribution in [3.63, 3.8) is 0 Å². The zero-order chi connectivity index (χ0) is 14.9. The van der Waals surface area contributed by atoms with Gasteiger partial charge in [-0.1, -0.05) is 30.3 Å². The van der Waals surface area contributed by atoms with Gasteiger partial charge in [0, 0.05) is 12.6 Å². The first-order valence-electron chi connectivity index (χ1n) is 6.74. The molecule has 2 aliphatic heterocycles. The number of hydrogen-bond acceptors (Lipinski definition) is 5. The third-order valence-electron chi connectivity index (χ3n) is 3.76. The van der Waals surface area contributed by atoms with Gasteiger partial charge in [-0.3, -0.25) is 4.90 Å². The molecule has 0 bridgehead atoms. The maximum absolute atomic E-state index is 12.2. The van der Waals surface area contributed by atoms with Crippen molar-refractivity contribution in [3.05, 3.63) is 47.9 Å². The molecule has 1 aromatic rings. The Morgan fingerprint density at radius 1 is 1.38 bits per heavy atom. The largest absolute Gasteiger partial charge is 0.481 e. The van der Waals surface area contributed by atoms with Crippen molar-refractivity contribution in [2.45, 2.75) is 25.0 Å². The molecule has 2 aliphatic rings. The summed E-state index contributed by atoms with van der Waals surface area (Å²) in [6.45, 7) is 0.531. The van der Waals surface area contributed by atoms with E-state index in [-0.39, 0.29) is 6.61 Å². The van der Waals surface area contributed by atoms with Crippen LogP contribution in [-0.2, 0) is 20.9 Å². The van der Waals surface area contributed by atoms with Gasteiger partial charge < -0.3 is 14.6 Å². The van der Waals surface area contributed by atoms with Gasteiger partial charge in [-0.15, -0.1) is 0 Å². The molecule has 2 heterocycles. The van der Waals surface area contributed by atoms with Crippen LogP contribution in [0.4, 0.5) is 4.79 Å². The lowest BCUT2D eigenvalue weighted by atomic mass is 9.98. The molecule has 3 rings (SSSR count). The monoisotopic (exact) mass is 289 g/mol. The smallest absolute Gasteiger partial charge is 0.411 e. The van der Waals surface area contributed by atoms with Crippen LogP contribution in [0.5, 0.6) is 0 Å². The molecule has 110 valence electrons. The van der Waals surface area contributed by atoms with Gasteiger partial charge >= 0.3 is 12.1 Å². The van der Waals surface area contributed by atoms with E-state index in [0.717, 1.165) is 5.56 Å². The van der Waals surface area contributed by atoms with Crippen LogP contribution in [0.1, 0.15) is 18.4 Å². The highest BCUT2D eigenvalue weighted by molar-refractivity contribution is 5.91. The minimum absolute atomic E-state index is 0.136. The van der Waals surface area contributed by atoms with Crippen molar-refractivity contribution in [3.8, 4) is 0 Å².